The van der Waals surface area contributed by atoms with Crippen molar-refractivity contribution in [2.75, 3.05) is 11.9 Å². The highest BCUT2D eigenvalue weighted by molar-refractivity contribution is 5.90. The molecular formula is C56H57N3. The lowest BCUT2D eigenvalue weighted by atomic mass is 9.82. The third-order valence-corrected chi connectivity index (χ3v) is 11.7. The number of hydrogen-bond donors (Lipinski definition) is 1. The van der Waals surface area contributed by atoms with E-state index in [4.69, 9.17) is 0 Å². The number of benzene rings is 5. The second-order valence-corrected chi connectivity index (χ2v) is 15.8. The molecule has 1 aliphatic carbocycles. The van der Waals surface area contributed by atoms with Crippen LogP contribution in [0.3, 0.4) is 0 Å². The monoisotopic (exact) mass is 771 g/mol. The fourth-order valence-corrected chi connectivity index (χ4v) is 8.41. The molecule has 7 rings (SSSR count). The Morgan fingerprint density at radius 1 is 0.797 bits per heavy atom. The summed E-state index contributed by atoms with van der Waals surface area (Å²) >= 11 is 0. The van der Waals surface area contributed by atoms with E-state index in [1.165, 1.54) is 55.6 Å². The fraction of sp³-hybridized carbons (Fsp3) is 0.179. The summed E-state index contributed by atoms with van der Waals surface area (Å²) in [4.78, 5) is 2.34. The molecule has 0 bridgehead atoms. The maximum Gasteiger partial charge on any atom is 0.125 e. The van der Waals surface area contributed by atoms with Crippen LogP contribution in [0.25, 0.3) is 39.9 Å². The Bertz CT molecular complexity index is 2620. The van der Waals surface area contributed by atoms with Crippen LogP contribution in [0.5, 0.6) is 0 Å². The van der Waals surface area contributed by atoms with Crippen LogP contribution < -0.4 is 10.2 Å². The zero-order chi connectivity index (χ0) is 41.4. The molecule has 1 atom stereocenters. The molecule has 0 spiro atoms. The lowest BCUT2D eigenvalue weighted by Gasteiger charge is -2.33. The molecule has 1 heterocycles. The van der Waals surface area contributed by atoms with Gasteiger partial charge in [-0.05, 0) is 114 Å². The van der Waals surface area contributed by atoms with E-state index < -0.39 is 0 Å². The molecule has 0 saturated carbocycles. The molecule has 0 radical (unpaired) electrons. The molecule has 1 aromatic heterocycles. The highest BCUT2D eigenvalue weighted by Crippen LogP contribution is 2.48. The fourth-order valence-electron chi connectivity index (χ4n) is 8.41. The number of nitrogens with one attached hydrogen (secondary N) is 1. The standard InChI is InChI=1S/C56H57N3/c1-8-11-14-24-45(10-3)57-55(58(7)46-25-16-13-17-26-46)44(37-34-43-35-38-50-49-29-18-20-30-51(49)56(5,6)52(50)40-43)36-33-42-23-22-27-47(39-42)59-53(31-15-12-9-2)41(4)48-28-19-21-32-54(48)59/h8-9,11-33,35-40,55,57H,1,10,34H2,2-7H3/b12-9-,14-11-,31-15-,36-33+,44-37+,45-24+. The first kappa shape index (κ1) is 40.6. The number of fused-ring (bicyclic) bond motifs is 4. The molecule has 0 aliphatic heterocycles. The minimum atomic E-state index is -0.158. The number of aryl methyl sites for hydroxylation is 1. The third-order valence-electron chi connectivity index (χ3n) is 11.7. The first-order valence-electron chi connectivity index (χ1n) is 20.9. The zero-order valence-corrected chi connectivity index (χ0v) is 35.5. The van der Waals surface area contributed by atoms with Crippen LogP contribution in [-0.2, 0) is 11.8 Å². The van der Waals surface area contributed by atoms with E-state index >= 15 is 0 Å². The Morgan fingerprint density at radius 3 is 2.36 bits per heavy atom. The SMILES string of the molecule is C=C/C=C\C=C(/CC)NC(C(/C=C/c1cccc(-n2c(/C=C\C=C/C)c(C)c3ccccc32)c1)=C/Cc1ccc2c(c1)C(C)(C)c1ccccc1-2)N(C)c1ccccc1. The summed E-state index contributed by atoms with van der Waals surface area (Å²) in [5.41, 5.74) is 16.1. The summed E-state index contributed by atoms with van der Waals surface area (Å²) < 4.78 is 2.38. The minimum absolute atomic E-state index is 0.0528. The van der Waals surface area contributed by atoms with Gasteiger partial charge in [-0.3, -0.25) is 0 Å². The lowest BCUT2D eigenvalue weighted by molar-refractivity contribution is 0.619. The van der Waals surface area contributed by atoms with Gasteiger partial charge in [-0.15, -0.1) is 0 Å². The van der Waals surface area contributed by atoms with Crippen molar-refractivity contribution in [2.24, 2.45) is 0 Å². The molecule has 3 heteroatoms. The summed E-state index contributed by atoms with van der Waals surface area (Å²) in [6.45, 7) is 15.1. The van der Waals surface area contributed by atoms with Crippen LogP contribution in [0, 0.1) is 6.92 Å². The van der Waals surface area contributed by atoms with Crippen molar-refractivity contribution in [1.29, 1.82) is 0 Å². The van der Waals surface area contributed by atoms with Gasteiger partial charge in [0.2, 0.25) is 0 Å². The Labute approximate surface area is 352 Å². The predicted molar refractivity (Wildman–Crippen MR) is 256 cm³/mol. The number of hydrogen-bond acceptors (Lipinski definition) is 2. The van der Waals surface area contributed by atoms with E-state index in [1.807, 2.05) is 19.1 Å². The summed E-state index contributed by atoms with van der Waals surface area (Å²) in [5.74, 6) is 0. The van der Waals surface area contributed by atoms with Gasteiger partial charge in [-0.1, -0.05) is 173 Å². The normalized spacial score (nSPS) is 14.5. The van der Waals surface area contributed by atoms with Crippen molar-refractivity contribution in [2.45, 2.75) is 59.0 Å². The molecule has 0 amide bonds. The summed E-state index contributed by atoms with van der Waals surface area (Å²) in [5, 5.41) is 5.22. The number of aromatic nitrogens is 1. The number of para-hydroxylation sites is 2. The predicted octanol–water partition coefficient (Wildman–Crippen LogP) is 14.1. The Hall–Kier alpha value is -6.58. The van der Waals surface area contributed by atoms with Gasteiger partial charge in [0.05, 0.1) is 5.52 Å². The van der Waals surface area contributed by atoms with Crippen molar-refractivity contribution in [3.05, 3.63) is 227 Å². The van der Waals surface area contributed by atoms with Gasteiger partial charge in [-0.25, -0.2) is 0 Å². The van der Waals surface area contributed by atoms with Gasteiger partial charge in [0.25, 0.3) is 0 Å². The van der Waals surface area contributed by atoms with E-state index in [0.717, 1.165) is 35.5 Å². The van der Waals surface area contributed by atoms with Gasteiger partial charge in [0.15, 0.2) is 0 Å². The first-order valence-corrected chi connectivity index (χ1v) is 20.9. The second kappa shape index (κ2) is 18.3. The number of likely N-dealkylation sites (N-methyl/N-ethyl adjacent to an activating group) is 1. The van der Waals surface area contributed by atoms with Crippen molar-refractivity contribution in [3.63, 3.8) is 0 Å². The molecular weight excluding hydrogens is 715 g/mol. The lowest BCUT2D eigenvalue weighted by Crippen LogP contribution is -2.44. The van der Waals surface area contributed by atoms with Crippen molar-refractivity contribution < 1.29 is 0 Å². The molecule has 6 aromatic rings. The molecule has 296 valence electrons. The van der Waals surface area contributed by atoms with Crippen molar-refractivity contribution in [1.82, 2.24) is 9.88 Å². The van der Waals surface area contributed by atoms with E-state index in [2.05, 4.69) is 232 Å². The van der Waals surface area contributed by atoms with Crippen LogP contribution in [-0.4, -0.2) is 17.8 Å². The van der Waals surface area contributed by atoms with Crippen molar-refractivity contribution in [3.8, 4) is 16.8 Å². The number of nitrogens with zero attached hydrogens (tertiary/aromatic N) is 2. The molecule has 59 heavy (non-hydrogen) atoms. The largest absolute Gasteiger partial charge is 0.365 e. The second-order valence-electron chi connectivity index (χ2n) is 15.8. The van der Waals surface area contributed by atoms with E-state index in [0.29, 0.717) is 0 Å². The minimum Gasteiger partial charge on any atom is -0.365 e. The Morgan fingerprint density at radius 2 is 1.56 bits per heavy atom. The average molecular weight is 772 g/mol. The van der Waals surface area contributed by atoms with Crippen LogP contribution in [0.4, 0.5) is 5.69 Å². The summed E-state index contributed by atoms with van der Waals surface area (Å²) in [6, 6.07) is 44.2. The molecule has 5 aromatic carbocycles. The van der Waals surface area contributed by atoms with E-state index in [9.17, 15) is 0 Å². The summed E-state index contributed by atoms with van der Waals surface area (Å²) in [6.07, 6.45) is 25.0. The Balaban J connectivity index is 1.32. The van der Waals surface area contributed by atoms with Crippen LogP contribution >= 0.6 is 0 Å². The van der Waals surface area contributed by atoms with Gasteiger partial charge in [0, 0.05) is 40.6 Å². The number of rotatable bonds is 15. The molecule has 1 unspecified atom stereocenters. The first-order chi connectivity index (χ1) is 28.7. The number of allylic oxidation sites excluding steroid dienone is 9. The molecule has 3 nitrogen and oxygen atoms in total. The topological polar surface area (TPSA) is 20.2 Å². The van der Waals surface area contributed by atoms with Crippen LogP contribution in [0.15, 0.2) is 194 Å². The summed E-state index contributed by atoms with van der Waals surface area (Å²) in [7, 11) is 2.18. The maximum absolute atomic E-state index is 3.96. The number of anilines is 1. The van der Waals surface area contributed by atoms with E-state index in [-0.39, 0.29) is 11.6 Å². The zero-order valence-electron chi connectivity index (χ0n) is 35.5. The van der Waals surface area contributed by atoms with Crippen molar-refractivity contribution >= 4 is 28.7 Å². The van der Waals surface area contributed by atoms with E-state index in [1.54, 1.807) is 0 Å². The van der Waals surface area contributed by atoms with Crippen LogP contribution in [0.1, 0.15) is 67.6 Å². The van der Waals surface area contributed by atoms with Gasteiger partial charge >= 0.3 is 0 Å². The van der Waals surface area contributed by atoms with Gasteiger partial charge < -0.3 is 14.8 Å². The average Bonchev–Trinajstić information content (AvgIpc) is 3.68. The van der Waals surface area contributed by atoms with Crippen LogP contribution in [0.2, 0.25) is 0 Å². The Kier molecular flexibility index (Phi) is 12.6. The smallest absolute Gasteiger partial charge is 0.125 e. The molecule has 1 N–H and O–H groups in total. The molecule has 0 saturated heterocycles. The molecule has 0 fully saturated rings. The molecule has 1 aliphatic rings. The third kappa shape index (κ3) is 8.66. The maximum atomic E-state index is 3.96. The van der Waals surface area contributed by atoms with Gasteiger partial charge in [0.1, 0.15) is 6.17 Å². The highest BCUT2D eigenvalue weighted by atomic mass is 15.3. The quantitative estimate of drug-likeness (QED) is 0.0829. The van der Waals surface area contributed by atoms with Gasteiger partial charge in [-0.2, -0.15) is 0 Å². The highest BCUT2D eigenvalue weighted by Gasteiger charge is 2.35.